The third-order valence-electron chi connectivity index (χ3n) is 2.71. The lowest BCUT2D eigenvalue weighted by Gasteiger charge is -2.18. The number of primary amides is 1. The van der Waals surface area contributed by atoms with E-state index in [2.05, 4.69) is 0 Å². The Kier molecular flexibility index (Phi) is 6.71. The van der Waals surface area contributed by atoms with Crippen LogP contribution in [-0.2, 0) is 14.3 Å². The van der Waals surface area contributed by atoms with E-state index in [1.54, 1.807) is 13.8 Å². The number of nitrogens with one attached hydrogen (secondary N) is 1. The van der Waals surface area contributed by atoms with Crippen molar-refractivity contribution < 1.29 is 23.5 Å². The van der Waals surface area contributed by atoms with Gasteiger partial charge >= 0.3 is 12.0 Å². The summed E-state index contributed by atoms with van der Waals surface area (Å²) in [4.78, 5) is 34.2. The zero-order chi connectivity index (χ0) is 17.6. The number of imide groups is 1. The molecule has 0 saturated carbocycles. The van der Waals surface area contributed by atoms with Gasteiger partial charge < -0.3 is 10.5 Å². The average molecular weight is 343 g/mol. The first-order valence-electron chi connectivity index (χ1n) is 6.64. The van der Waals surface area contributed by atoms with Crippen molar-refractivity contribution in [2.75, 3.05) is 0 Å². The minimum Gasteiger partial charge on any atom is -0.449 e. The van der Waals surface area contributed by atoms with Gasteiger partial charge in [-0.25, -0.2) is 14.0 Å². The minimum atomic E-state index is -1.17. The Morgan fingerprint density at radius 3 is 2.52 bits per heavy atom. The van der Waals surface area contributed by atoms with Gasteiger partial charge in [-0.15, -0.1) is 0 Å². The number of carbonyl (C=O) groups is 3. The molecular formula is C15H16ClFN2O4. The summed E-state index contributed by atoms with van der Waals surface area (Å²) in [6, 6.07) is 2.88. The molecule has 3 amide bonds. The number of rotatable bonds is 5. The number of carbonyl (C=O) groups excluding carboxylic acids is 3. The summed E-state index contributed by atoms with van der Waals surface area (Å²) in [6.45, 7) is 3.28. The van der Waals surface area contributed by atoms with E-state index in [1.165, 1.54) is 18.2 Å². The normalized spacial score (nSPS) is 12.2. The molecule has 0 fully saturated rings. The number of halogens is 2. The lowest BCUT2D eigenvalue weighted by atomic mass is 10.1. The molecule has 23 heavy (non-hydrogen) atoms. The first-order valence-corrected chi connectivity index (χ1v) is 7.02. The number of ether oxygens (including phenoxy) is 1. The van der Waals surface area contributed by atoms with Gasteiger partial charge in [-0.2, -0.15) is 0 Å². The predicted octanol–water partition coefficient (Wildman–Crippen LogP) is 2.25. The zero-order valence-electron chi connectivity index (χ0n) is 12.5. The van der Waals surface area contributed by atoms with Crippen molar-refractivity contribution in [2.45, 2.75) is 20.0 Å². The zero-order valence-corrected chi connectivity index (χ0v) is 13.3. The number of nitrogens with two attached hydrogens (primary N) is 1. The van der Waals surface area contributed by atoms with Crippen LogP contribution < -0.4 is 11.1 Å². The summed E-state index contributed by atoms with van der Waals surface area (Å²) in [5.41, 5.74) is 5.34. The van der Waals surface area contributed by atoms with Crippen molar-refractivity contribution in [3.8, 4) is 0 Å². The Balaban J connectivity index is 2.75. The number of hydrogen-bond acceptors (Lipinski definition) is 4. The maximum atomic E-state index is 13.0. The Morgan fingerprint density at radius 2 is 2.00 bits per heavy atom. The largest absolute Gasteiger partial charge is 0.449 e. The van der Waals surface area contributed by atoms with Gasteiger partial charge in [-0.1, -0.05) is 31.5 Å². The molecule has 8 heteroatoms. The number of esters is 1. The Labute approximate surface area is 137 Å². The molecule has 1 aromatic rings. The number of urea groups is 1. The Morgan fingerprint density at radius 1 is 1.35 bits per heavy atom. The fourth-order valence-electron chi connectivity index (χ4n) is 1.63. The highest BCUT2D eigenvalue weighted by Gasteiger charge is 2.26. The van der Waals surface area contributed by atoms with E-state index in [0.717, 1.165) is 12.1 Å². The van der Waals surface area contributed by atoms with E-state index in [-0.39, 0.29) is 10.9 Å². The predicted molar refractivity (Wildman–Crippen MR) is 82.9 cm³/mol. The molecule has 0 saturated heterocycles. The topological polar surface area (TPSA) is 98.5 Å². The SMILES string of the molecule is CC(C)[C@@H](OC(=O)/C=C/c1ccc(F)c(Cl)c1)C(=O)NC(N)=O. The Hall–Kier alpha value is -2.41. The van der Waals surface area contributed by atoms with Crippen LogP contribution in [-0.4, -0.2) is 24.0 Å². The molecule has 0 aliphatic rings. The highest BCUT2D eigenvalue weighted by Crippen LogP contribution is 2.17. The quantitative estimate of drug-likeness (QED) is 0.633. The van der Waals surface area contributed by atoms with Gasteiger partial charge in [0.05, 0.1) is 5.02 Å². The number of amides is 3. The van der Waals surface area contributed by atoms with Crippen LogP contribution in [0.4, 0.5) is 9.18 Å². The van der Waals surface area contributed by atoms with Gasteiger partial charge in [0.25, 0.3) is 5.91 Å². The van der Waals surface area contributed by atoms with Crippen LogP contribution in [0, 0.1) is 11.7 Å². The third kappa shape index (κ3) is 6.07. The van der Waals surface area contributed by atoms with E-state index in [4.69, 9.17) is 22.1 Å². The Bertz CT molecular complexity index is 646. The molecule has 0 radical (unpaired) electrons. The van der Waals surface area contributed by atoms with Gasteiger partial charge in [-0.3, -0.25) is 10.1 Å². The molecule has 3 N–H and O–H groups in total. The number of hydrogen-bond donors (Lipinski definition) is 2. The van der Waals surface area contributed by atoms with Crippen LogP contribution in [0.3, 0.4) is 0 Å². The second kappa shape index (κ2) is 8.28. The first-order chi connectivity index (χ1) is 10.7. The van der Waals surface area contributed by atoms with Crippen LogP contribution in [0.1, 0.15) is 19.4 Å². The molecule has 1 atom stereocenters. The van der Waals surface area contributed by atoms with Crippen molar-refractivity contribution in [3.63, 3.8) is 0 Å². The molecule has 124 valence electrons. The van der Waals surface area contributed by atoms with E-state index in [0.29, 0.717) is 5.56 Å². The summed E-state index contributed by atoms with van der Waals surface area (Å²) in [5.74, 6) is -2.55. The van der Waals surface area contributed by atoms with Crippen molar-refractivity contribution in [1.82, 2.24) is 5.32 Å². The molecule has 0 aliphatic heterocycles. The fourth-order valence-corrected chi connectivity index (χ4v) is 1.82. The van der Waals surface area contributed by atoms with Crippen LogP contribution in [0.5, 0.6) is 0 Å². The maximum Gasteiger partial charge on any atom is 0.331 e. The molecule has 0 spiro atoms. The van der Waals surface area contributed by atoms with Crippen molar-refractivity contribution in [3.05, 3.63) is 40.7 Å². The fraction of sp³-hybridized carbons (Fsp3) is 0.267. The molecular weight excluding hydrogens is 327 g/mol. The lowest BCUT2D eigenvalue weighted by molar-refractivity contribution is -0.153. The lowest BCUT2D eigenvalue weighted by Crippen LogP contribution is -2.45. The summed E-state index contributed by atoms with van der Waals surface area (Å²) in [6.07, 6.45) is 1.25. The standard InChI is InChI=1S/C15H16ClFN2O4/c1-8(2)13(14(21)19-15(18)22)23-12(20)6-4-9-3-5-11(17)10(16)7-9/h3-8,13H,1-2H3,(H3,18,19,21,22)/b6-4+/t13-/m1/s1. The van der Waals surface area contributed by atoms with Crippen LogP contribution >= 0.6 is 11.6 Å². The molecule has 0 unspecified atom stereocenters. The molecule has 1 aromatic carbocycles. The smallest absolute Gasteiger partial charge is 0.331 e. The highest BCUT2D eigenvalue weighted by molar-refractivity contribution is 6.30. The second-order valence-electron chi connectivity index (χ2n) is 4.96. The van der Waals surface area contributed by atoms with E-state index >= 15 is 0 Å². The van der Waals surface area contributed by atoms with E-state index in [9.17, 15) is 18.8 Å². The van der Waals surface area contributed by atoms with Gasteiger partial charge in [-0.05, 0) is 29.7 Å². The monoisotopic (exact) mass is 342 g/mol. The van der Waals surface area contributed by atoms with Crippen LogP contribution in [0.2, 0.25) is 5.02 Å². The summed E-state index contributed by atoms with van der Waals surface area (Å²) >= 11 is 5.62. The van der Waals surface area contributed by atoms with Gasteiger partial charge in [0.15, 0.2) is 6.10 Å². The minimum absolute atomic E-state index is 0.0820. The summed E-state index contributed by atoms with van der Waals surface area (Å²) < 4.78 is 18.0. The molecule has 0 aliphatic carbocycles. The second-order valence-corrected chi connectivity index (χ2v) is 5.37. The van der Waals surface area contributed by atoms with E-state index < -0.39 is 29.8 Å². The van der Waals surface area contributed by atoms with Gasteiger partial charge in [0, 0.05) is 6.08 Å². The maximum absolute atomic E-state index is 13.0. The summed E-state index contributed by atoms with van der Waals surface area (Å²) in [7, 11) is 0. The molecule has 0 bridgehead atoms. The number of benzene rings is 1. The molecule has 1 rings (SSSR count). The van der Waals surface area contributed by atoms with Crippen molar-refractivity contribution in [1.29, 1.82) is 0 Å². The molecule has 6 nitrogen and oxygen atoms in total. The van der Waals surface area contributed by atoms with E-state index in [1.807, 2.05) is 5.32 Å². The van der Waals surface area contributed by atoms with Crippen LogP contribution in [0.15, 0.2) is 24.3 Å². The highest BCUT2D eigenvalue weighted by atomic mass is 35.5. The van der Waals surface area contributed by atoms with Crippen LogP contribution in [0.25, 0.3) is 6.08 Å². The molecule has 0 heterocycles. The van der Waals surface area contributed by atoms with Gasteiger partial charge in [0.1, 0.15) is 5.82 Å². The molecule has 0 aromatic heterocycles. The summed E-state index contributed by atoms with van der Waals surface area (Å²) in [5, 5.41) is 1.77. The van der Waals surface area contributed by atoms with Crippen molar-refractivity contribution >= 4 is 35.6 Å². The van der Waals surface area contributed by atoms with Crippen molar-refractivity contribution in [2.24, 2.45) is 11.7 Å². The average Bonchev–Trinajstić information content (AvgIpc) is 2.44. The third-order valence-corrected chi connectivity index (χ3v) is 3.00. The first kappa shape index (κ1) is 18.6. The van der Waals surface area contributed by atoms with Gasteiger partial charge in [0.2, 0.25) is 0 Å².